The van der Waals surface area contributed by atoms with Crippen LogP contribution in [0.4, 0.5) is 0 Å². The minimum atomic E-state index is 0.747. The number of thiophene rings is 1. The van der Waals surface area contributed by atoms with E-state index in [1.807, 2.05) is 35.6 Å². The molecule has 5 aromatic carbocycles. The zero-order valence-corrected chi connectivity index (χ0v) is 19.7. The first kappa shape index (κ1) is 20.1. The Morgan fingerprint density at radius 1 is 0.429 bits per heavy atom. The summed E-state index contributed by atoms with van der Waals surface area (Å²) in [7, 11) is 0. The van der Waals surface area contributed by atoms with Gasteiger partial charge in [-0.3, -0.25) is 0 Å². The molecule has 0 aliphatic rings. The second-order valence-electron chi connectivity index (χ2n) is 8.67. The summed E-state index contributed by atoms with van der Waals surface area (Å²) in [6.45, 7) is 0. The molecule has 2 nitrogen and oxygen atoms in total. The smallest absolute Gasteiger partial charge is 0.160 e. The molecule has 0 aliphatic carbocycles. The monoisotopic (exact) mass is 464 g/mol. The van der Waals surface area contributed by atoms with Crippen LogP contribution in [0.3, 0.4) is 0 Å². The second kappa shape index (κ2) is 8.15. The van der Waals surface area contributed by atoms with Crippen LogP contribution in [0, 0.1) is 0 Å². The summed E-state index contributed by atoms with van der Waals surface area (Å²) in [5.74, 6) is 0.747. The fourth-order valence-corrected chi connectivity index (χ4v) is 5.89. The van der Waals surface area contributed by atoms with E-state index in [9.17, 15) is 0 Å². The Labute approximate surface area is 207 Å². The van der Waals surface area contributed by atoms with Crippen LogP contribution >= 0.6 is 11.3 Å². The van der Waals surface area contributed by atoms with Gasteiger partial charge in [0.2, 0.25) is 0 Å². The quantitative estimate of drug-likeness (QED) is 0.261. The Morgan fingerprint density at radius 3 is 1.91 bits per heavy atom. The molecule has 0 N–H and O–H groups in total. The summed E-state index contributed by atoms with van der Waals surface area (Å²) in [6.07, 6.45) is 0. The molecule has 0 unspecified atom stereocenters. The molecule has 0 spiro atoms. The zero-order chi connectivity index (χ0) is 23.2. The summed E-state index contributed by atoms with van der Waals surface area (Å²) >= 11 is 1.85. The van der Waals surface area contributed by atoms with E-state index in [0.717, 1.165) is 33.5 Å². The van der Waals surface area contributed by atoms with Gasteiger partial charge >= 0.3 is 0 Å². The first-order valence-electron chi connectivity index (χ1n) is 11.7. The number of benzene rings is 5. The second-order valence-corrected chi connectivity index (χ2v) is 9.75. The first-order valence-corrected chi connectivity index (χ1v) is 12.5. The fourth-order valence-electron chi connectivity index (χ4n) is 4.75. The molecule has 7 aromatic rings. The van der Waals surface area contributed by atoms with Crippen LogP contribution in [0.5, 0.6) is 0 Å². The van der Waals surface area contributed by atoms with Crippen LogP contribution in [0.1, 0.15) is 0 Å². The molecule has 0 bridgehead atoms. The van der Waals surface area contributed by atoms with E-state index in [0.29, 0.717) is 0 Å². The van der Waals surface area contributed by atoms with Gasteiger partial charge in [0.15, 0.2) is 5.82 Å². The molecule has 2 aromatic heterocycles. The van der Waals surface area contributed by atoms with Gasteiger partial charge in [-0.2, -0.15) is 0 Å². The Kier molecular flexibility index (Phi) is 4.68. The van der Waals surface area contributed by atoms with Crippen molar-refractivity contribution in [1.82, 2.24) is 9.97 Å². The van der Waals surface area contributed by atoms with Gasteiger partial charge < -0.3 is 0 Å². The van der Waals surface area contributed by atoms with E-state index >= 15 is 0 Å². The predicted octanol–water partition coefficient (Wildman–Crippen LogP) is 9.00. The number of rotatable bonds is 3. The van der Waals surface area contributed by atoms with E-state index in [1.165, 1.54) is 31.3 Å². The molecule has 3 heteroatoms. The number of hydrogen-bond donors (Lipinski definition) is 0. The van der Waals surface area contributed by atoms with E-state index in [4.69, 9.17) is 9.97 Å². The Bertz CT molecular complexity index is 1840. The minimum absolute atomic E-state index is 0.747. The average molecular weight is 465 g/mol. The fraction of sp³-hybridized carbons (Fsp3) is 0. The lowest BCUT2D eigenvalue weighted by Crippen LogP contribution is -1.95. The van der Waals surface area contributed by atoms with Crippen LogP contribution in [0.2, 0.25) is 0 Å². The average Bonchev–Trinajstić information content (AvgIpc) is 3.31. The highest BCUT2D eigenvalue weighted by molar-refractivity contribution is 7.25. The van der Waals surface area contributed by atoms with Crippen molar-refractivity contribution >= 4 is 42.4 Å². The van der Waals surface area contributed by atoms with Gasteiger partial charge in [0.1, 0.15) is 0 Å². The number of aromatic nitrogens is 2. The third kappa shape index (κ3) is 3.49. The van der Waals surface area contributed by atoms with E-state index in [1.54, 1.807) is 0 Å². The topological polar surface area (TPSA) is 25.8 Å². The third-order valence-corrected chi connectivity index (χ3v) is 7.62. The van der Waals surface area contributed by atoms with Crippen LogP contribution in [-0.2, 0) is 0 Å². The predicted molar refractivity (Wildman–Crippen MR) is 149 cm³/mol. The normalized spacial score (nSPS) is 11.4. The number of nitrogens with zero attached hydrogens (tertiary/aromatic N) is 2. The third-order valence-electron chi connectivity index (χ3n) is 6.49. The molecule has 0 atom stereocenters. The van der Waals surface area contributed by atoms with Crippen LogP contribution in [0.25, 0.3) is 64.8 Å². The largest absolute Gasteiger partial charge is 0.228 e. The van der Waals surface area contributed by atoms with Gasteiger partial charge in [0.05, 0.1) is 11.2 Å². The molecule has 0 saturated carbocycles. The molecule has 7 rings (SSSR count). The maximum atomic E-state index is 5.05. The molecule has 35 heavy (non-hydrogen) atoms. The van der Waals surface area contributed by atoms with Crippen molar-refractivity contribution in [3.8, 4) is 33.8 Å². The Morgan fingerprint density at radius 2 is 1.09 bits per heavy atom. The molecule has 2 heterocycles. The Hall–Kier alpha value is -4.34. The van der Waals surface area contributed by atoms with Crippen molar-refractivity contribution in [3.05, 3.63) is 121 Å². The molecule has 164 valence electrons. The Balaban J connectivity index is 1.43. The molecule has 0 saturated heterocycles. The van der Waals surface area contributed by atoms with Gasteiger partial charge in [0, 0.05) is 36.7 Å². The number of hydrogen-bond acceptors (Lipinski definition) is 3. The lowest BCUT2D eigenvalue weighted by molar-refractivity contribution is 1.23. The van der Waals surface area contributed by atoms with Crippen molar-refractivity contribution in [2.45, 2.75) is 0 Å². The summed E-state index contributed by atoms with van der Waals surface area (Å²) in [4.78, 5) is 9.98. The molecule has 0 amide bonds. The van der Waals surface area contributed by atoms with Crippen molar-refractivity contribution in [3.63, 3.8) is 0 Å². The highest BCUT2D eigenvalue weighted by Crippen LogP contribution is 2.37. The molecular formula is C32H20N2S. The highest BCUT2D eigenvalue weighted by Gasteiger charge is 2.13. The van der Waals surface area contributed by atoms with E-state index in [-0.39, 0.29) is 0 Å². The van der Waals surface area contributed by atoms with Gasteiger partial charge in [0.25, 0.3) is 0 Å². The maximum Gasteiger partial charge on any atom is 0.160 e. The highest BCUT2D eigenvalue weighted by atomic mass is 32.1. The van der Waals surface area contributed by atoms with Crippen LogP contribution < -0.4 is 0 Å². The first-order chi connectivity index (χ1) is 17.3. The summed E-state index contributed by atoms with van der Waals surface area (Å²) < 4.78 is 2.63. The van der Waals surface area contributed by atoms with Gasteiger partial charge in [-0.25, -0.2) is 9.97 Å². The lowest BCUT2D eigenvalue weighted by Gasteiger charge is -2.11. The van der Waals surface area contributed by atoms with Gasteiger partial charge in [-0.1, -0.05) is 97.1 Å². The van der Waals surface area contributed by atoms with E-state index in [2.05, 4.69) is 97.1 Å². The van der Waals surface area contributed by atoms with Gasteiger partial charge in [-0.15, -0.1) is 11.3 Å². The van der Waals surface area contributed by atoms with Crippen molar-refractivity contribution in [1.29, 1.82) is 0 Å². The SMILES string of the molecule is c1ccc(-c2nc(-c3ccccc3)c3cc(-c4ccc5c(c4)sc4ccccc45)ccc3n2)cc1. The van der Waals surface area contributed by atoms with Crippen LogP contribution in [-0.4, -0.2) is 9.97 Å². The standard InChI is InChI=1S/C32H20N2S/c1-3-9-21(10-4-1)31-27-19-23(16-18-28(27)33-32(34-31)22-11-5-2-6-12-22)24-15-17-26-25-13-7-8-14-29(25)35-30(26)20-24/h1-20H. The van der Waals surface area contributed by atoms with Crippen LogP contribution in [0.15, 0.2) is 121 Å². The molecule has 0 radical (unpaired) electrons. The molecule has 0 fully saturated rings. The van der Waals surface area contributed by atoms with Crippen molar-refractivity contribution in [2.24, 2.45) is 0 Å². The molecule has 0 aliphatic heterocycles. The molecular weight excluding hydrogens is 444 g/mol. The summed E-state index contributed by atoms with van der Waals surface area (Å²) in [5, 5.41) is 3.70. The summed E-state index contributed by atoms with van der Waals surface area (Å²) in [5.41, 5.74) is 6.39. The van der Waals surface area contributed by atoms with E-state index < -0.39 is 0 Å². The zero-order valence-electron chi connectivity index (χ0n) is 18.8. The maximum absolute atomic E-state index is 5.05. The number of fused-ring (bicyclic) bond motifs is 4. The summed E-state index contributed by atoms with van der Waals surface area (Å²) in [6, 6.07) is 42.5. The van der Waals surface area contributed by atoms with Gasteiger partial charge in [-0.05, 0) is 35.4 Å². The van der Waals surface area contributed by atoms with Crippen molar-refractivity contribution < 1.29 is 0 Å². The van der Waals surface area contributed by atoms with Crippen molar-refractivity contribution in [2.75, 3.05) is 0 Å². The lowest BCUT2D eigenvalue weighted by atomic mass is 9.99. The minimum Gasteiger partial charge on any atom is -0.228 e.